The maximum atomic E-state index is 6.18. The zero-order chi connectivity index (χ0) is 12.4. The van der Waals surface area contributed by atoms with E-state index < -0.39 is 0 Å². The molecule has 1 unspecified atom stereocenters. The zero-order valence-electron chi connectivity index (χ0n) is 9.93. The second-order valence-electron chi connectivity index (χ2n) is 4.38. The van der Waals surface area contributed by atoms with Crippen molar-refractivity contribution in [3.8, 4) is 0 Å². The van der Waals surface area contributed by atoms with Crippen LogP contribution in [0.25, 0.3) is 0 Å². The van der Waals surface area contributed by atoms with E-state index in [4.69, 9.17) is 5.73 Å². The molecule has 92 valence electrons. The van der Waals surface area contributed by atoms with E-state index in [9.17, 15) is 0 Å². The van der Waals surface area contributed by atoms with Crippen molar-refractivity contribution >= 4 is 33.9 Å². The topological polar surface area (TPSA) is 43.8 Å². The summed E-state index contributed by atoms with van der Waals surface area (Å²) in [6.07, 6.45) is 2.82. The molecule has 0 amide bonds. The van der Waals surface area contributed by atoms with Crippen LogP contribution in [-0.2, 0) is 6.42 Å². The van der Waals surface area contributed by atoms with Crippen LogP contribution >= 0.6 is 33.9 Å². The van der Waals surface area contributed by atoms with Gasteiger partial charge in [0.2, 0.25) is 0 Å². The number of nitrogens with zero attached hydrogens (tertiary/aromatic N) is 2. The Bertz CT molecular complexity index is 489. The molecule has 2 aromatic rings. The molecule has 0 fully saturated rings. The third-order valence-corrected chi connectivity index (χ3v) is 4.44. The molecule has 0 bridgehead atoms. The normalized spacial score (nSPS) is 13.2. The van der Waals surface area contributed by atoms with Gasteiger partial charge in [0.15, 0.2) is 0 Å². The van der Waals surface area contributed by atoms with Crippen molar-refractivity contribution in [3.63, 3.8) is 0 Å². The van der Waals surface area contributed by atoms with Gasteiger partial charge < -0.3 is 5.73 Å². The van der Waals surface area contributed by atoms with E-state index in [0.717, 1.165) is 12.1 Å². The number of thiophene rings is 1. The molecule has 0 aromatic carbocycles. The predicted octanol–water partition coefficient (Wildman–Crippen LogP) is 3.37. The Kier molecular flexibility index (Phi) is 4.22. The van der Waals surface area contributed by atoms with Gasteiger partial charge in [-0.25, -0.2) is 0 Å². The minimum absolute atomic E-state index is 0.0466. The third-order valence-electron chi connectivity index (χ3n) is 2.64. The third kappa shape index (κ3) is 3.29. The molecule has 0 radical (unpaired) electrons. The Morgan fingerprint density at radius 2 is 2.29 bits per heavy atom. The smallest absolute Gasteiger partial charge is 0.0656 e. The van der Waals surface area contributed by atoms with E-state index in [-0.39, 0.29) is 6.04 Å². The van der Waals surface area contributed by atoms with Gasteiger partial charge in [0, 0.05) is 24.7 Å². The van der Waals surface area contributed by atoms with Crippen LogP contribution in [0.3, 0.4) is 0 Å². The van der Waals surface area contributed by atoms with Gasteiger partial charge in [0.1, 0.15) is 0 Å². The highest BCUT2D eigenvalue weighted by molar-refractivity contribution is 14.1. The maximum absolute atomic E-state index is 6.18. The largest absolute Gasteiger partial charge is 0.324 e. The molecule has 0 aliphatic heterocycles. The summed E-state index contributed by atoms with van der Waals surface area (Å²) >= 11 is 4.06. The second kappa shape index (κ2) is 5.49. The first kappa shape index (κ1) is 13.0. The van der Waals surface area contributed by atoms with Crippen molar-refractivity contribution in [2.24, 2.45) is 5.73 Å². The molecule has 17 heavy (non-hydrogen) atoms. The van der Waals surface area contributed by atoms with Gasteiger partial charge in [-0.3, -0.25) is 4.68 Å². The first-order valence-corrected chi connectivity index (χ1v) is 7.55. The lowest BCUT2D eigenvalue weighted by Crippen LogP contribution is -2.13. The molecule has 0 saturated heterocycles. The second-order valence-corrected chi connectivity index (χ2v) is 7.18. The Labute approximate surface area is 119 Å². The highest BCUT2D eigenvalue weighted by atomic mass is 127. The van der Waals surface area contributed by atoms with Gasteiger partial charge in [0.25, 0.3) is 0 Å². The maximum Gasteiger partial charge on any atom is 0.0656 e. The monoisotopic (exact) mass is 361 g/mol. The molecule has 0 aliphatic carbocycles. The van der Waals surface area contributed by atoms with Crippen molar-refractivity contribution < 1.29 is 0 Å². The van der Waals surface area contributed by atoms with Gasteiger partial charge in [-0.1, -0.05) is 0 Å². The fraction of sp³-hybridized carbons (Fsp3) is 0.417. The lowest BCUT2D eigenvalue weighted by molar-refractivity contribution is 0.522. The standard InChI is InChI=1S/C12H16IN3S/c1-8(2)16-4-3-10(15-16)6-11(14)9-5-12(13)17-7-9/h3-5,7-8,11H,6,14H2,1-2H3. The molecule has 0 aliphatic rings. The summed E-state index contributed by atoms with van der Waals surface area (Å²) in [5.74, 6) is 0. The highest BCUT2D eigenvalue weighted by Gasteiger charge is 2.11. The summed E-state index contributed by atoms with van der Waals surface area (Å²) in [6, 6.07) is 4.65. The van der Waals surface area contributed by atoms with E-state index in [2.05, 4.69) is 59.0 Å². The summed E-state index contributed by atoms with van der Waals surface area (Å²) in [5.41, 5.74) is 8.45. The molecule has 1 atom stereocenters. The van der Waals surface area contributed by atoms with Crippen LogP contribution in [-0.4, -0.2) is 9.78 Å². The fourth-order valence-corrected chi connectivity index (χ4v) is 3.07. The van der Waals surface area contributed by atoms with E-state index in [0.29, 0.717) is 6.04 Å². The van der Waals surface area contributed by atoms with Gasteiger partial charge in [-0.2, -0.15) is 5.10 Å². The number of rotatable bonds is 4. The van der Waals surface area contributed by atoms with E-state index in [1.54, 1.807) is 11.3 Å². The lowest BCUT2D eigenvalue weighted by Gasteiger charge is -2.08. The molecular weight excluding hydrogens is 345 g/mol. The number of halogens is 1. The van der Waals surface area contributed by atoms with E-state index in [1.807, 2.05) is 10.9 Å². The summed E-state index contributed by atoms with van der Waals surface area (Å²) in [4.78, 5) is 0. The summed E-state index contributed by atoms with van der Waals surface area (Å²) in [7, 11) is 0. The average molecular weight is 361 g/mol. The number of hydrogen-bond acceptors (Lipinski definition) is 3. The summed E-state index contributed by atoms with van der Waals surface area (Å²) < 4.78 is 3.25. The Morgan fingerprint density at radius 1 is 1.53 bits per heavy atom. The zero-order valence-corrected chi connectivity index (χ0v) is 12.9. The Hall–Kier alpha value is -0.400. The predicted molar refractivity (Wildman–Crippen MR) is 80.3 cm³/mol. The molecule has 2 heterocycles. The van der Waals surface area contributed by atoms with Crippen LogP contribution in [0.5, 0.6) is 0 Å². The SMILES string of the molecule is CC(C)n1ccc(CC(N)c2csc(I)c2)n1. The number of hydrogen-bond donors (Lipinski definition) is 1. The molecule has 0 spiro atoms. The molecule has 2 rings (SSSR count). The number of aromatic nitrogens is 2. The van der Waals surface area contributed by atoms with Crippen LogP contribution < -0.4 is 5.73 Å². The molecular formula is C12H16IN3S. The van der Waals surface area contributed by atoms with Gasteiger partial charge in [0.05, 0.1) is 8.58 Å². The summed E-state index contributed by atoms with van der Waals surface area (Å²) in [6.45, 7) is 4.25. The van der Waals surface area contributed by atoms with Crippen molar-refractivity contribution in [1.29, 1.82) is 0 Å². The minimum Gasteiger partial charge on any atom is -0.324 e. The lowest BCUT2D eigenvalue weighted by atomic mass is 10.1. The van der Waals surface area contributed by atoms with Crippen LogP contribution in [0.1, 0.15) is 37.2 Å². The van der Waals surface area contributed by atoms with Gasteiger partial charge >= 0.3 is 0 Å². The number of nitrogens with two attached hydrogens (primary N) is 1. The van der Waals surface area contributed by atoms with Gasteiger partial charge in [-0.05, 0) is 59.5 Å². The summed E-state index contributed by atoms with van der Waals surface area (Å²) in [5, 5.41) is 6.65. The molecule has 5 heteroatoms. The molecule has 2 aromatic heterocycles. The molecule has 2 N–H and O–H groups in total. The molecule has 0 saturated carbocycles. The Morgan fingerprint density at radius 3 is 2.82 bits per heavy atom. The van der Waals surface area contributed by atoms with Crippen molar-refractivity contribution in [3.05, 3.63) is 37.9 Å². The van der Waals surface area contributed by atoms with E-state index >= 15 is 0 Å². The first-order chi connectivity index (χ1) is 8.06. The quantitative estimate of drug-likeness (QED) is 0.849. The van der Waals surface area contributed by atoms with Crippen LogP contribution in [0.2, 0.25) is 0 Å². The Balaban J connectivity index is 2.05. The minimum atomic E-state index is 0.0466. The fourth-order valence-electron chi connectivity index (χ4n) is 1.63. The van der Waals surface area contributed by atoms with E-state index in [1.165, 1.54) is 8.45 Å². The van der Waals surface area contributed by atoms with Crippen molar-refractivity contribution in [2.75, 3.05) is 0 Å². The first-order valence-electron chi connectivity index (χ1n) is 5.60. The highest BCUT2D eigenvalue weighted by Crippen LogP contribution is 2.23. The average Bonchev–Trinajstić information content (AvgIpc) is 2.86. The van der Waals surface area contributed by atoms with Crippen LogP contribution in [0, 0.1) is 2.88 Å². The van der Waals surface area contributed by atoms with Crippen molar-refractivity contribution in [1.82, 2.24) is 9.78 Å². The van der Waals surface area contributed by atoms with Crippen LogP contribution in [0.4, 0.5) is 0 Å². The van der Waals surface area contributed by atoms with Gasteiger partial charge in [-0.15, -0.1) is 11.3 Å². The molecule has 3 nitrogen and oxygen atoms in total. The van der Waals surface area contributed by atoms with Crippen LogP contribution in [0.15, 0.2) is 23.7 Å². The van der Waals surface area contributed by atoms with Crippen molar-refractivity contribution in [2.45, 2.75) is 32.4 Å².